The molecule has 1 aliphatic rings. The van der Waals surface area contributed by atoms with Crippen LogP contribution in [0.2, 0.25) is 0 Å². The van der Waals surface area contributed by atoms with Crippen LogP contribution in [0.3, 0.4) is 0 Å². The Morgan fingerprint density at radius 1 is 1.44 bits per heavy atom. The lowest BCUT2D eigenvalue weighted by Gasteiger charge is -2.21. The lowest BCUT2D eigenvalue weighted by Crippen LogP contribution is -2.37. The van der Waals surface area contributed by atoms with Crippen LogP contribution in [-0.4, -0.2) is 68.3 Å². The van der Waals surface area contributed by atoms with Gasteiger partial charge in [-0.1, -0.05) is 0 Å². The first-order valence-corrected chi connectivity index (χ1v) is 8.26. The lowest BCUT2D eigenvalue weighted by molar-refractivity contribution is 0.0658. The monoisotopic (exact) mass is 342 g/mol. The first kappa shape index (κ1) is 17.2. The Kier molecular flexibility index (Phi) is 4.88. The van der Waals surface area contributed by atoms with E-state index in [9.17, 15) is 9.90 Å². The van der Waals surface area contributed by atoms with E-state index in [0.29, 0.717) is 37.4 Å². The second kappa shape index (κ2) is 7.09. The quantitative estimate of drug-likeness (QED) is 0.754. The van der Waals surface area contributed by atoms with Gasteiger partial charge in [0.1, 0.15) is 11.8 Å². The second-order valence-corrected chi connectivity index (χ2v) is 6.47. The molecule has 0 saturated carbocycles. The molecule has 132 valence electrons. The van der Waals surface area contributed by atoms with Crippen molar-refractivity contribution in [3.05, 3.63) is 40.5 Å². The number of carbonyl (C=O) groups excluding carboxylic acids is 1. The summed E-state index contributed by atoms with van der Waals surface area (Å²) < 4.78 is 0. The molecule has 1 fully saturated rings. The molecule has 0 radical (unpaired) electrons. The smallest absolute Gasteiger partial charge is 0.270 e. The number of aryl methyl sites for hydroxylation is 2. The number of hydrogen-bond acceptors (Lipinski definition) is 5. The van der Waals surface area contributed by atoms with Gasteiger partial charge in [0.2, 0.25) is 0 Å². The molecule has 25 heavy (non-hydrogen) atoms. The van der Waals surface area contributed by atoms with Crippen LogP contribution in [-0.2, 0) is 6.54 Å². The van der Waals surface area contributed by atoms with Crippen molar-refractivity contribution in [3.63, 3.8) is 0 Å². The number of carbonyl (C=O) groups is 1. The maximum Gasteiger partial charge on any atom is 0.270 e. The number of nitriles is 1. The molecule has 0 spiro atoms. The van der Waals surface area contributed by atoms with Crippen LogP contribution < -0.4 is 0 Å². The Bertz CT molecular complexity index is 783. The fraction of sp³-hybridized carbons (Fsp3) is 0.471. The Balaban J connectivity index is 1.68. The van der Waals surface area contributed by atoms with Crippen molar-refractivity contribution in [1.29, 1.82) is 5.26 Å². The summed E-state index contributed by atoms with van der Waals surface area (Å²) in [6.07, 6.45) is 0.891. The molecule has 1 saturated heterocycles. The number of aliphatic hydroxyl groups is 1. The van der Waals surface area contributed by atoms with Gasteiger partial charge in [-0.3, -0.25) is 14.8 Å². The minimum Gasteiger partial charge on any atom is -0.390 e. The van der Waals surface area contributed by atoms with Crippen molar-refractivity contribution in [2.24, 2.45) is 0 Å². The van der Waals surface area contributed by atoms with Gasteiger partial charge in [-0.25, -0.2) is 0 Å². The molecule has 2 aromatic heterocycles. The number of nitrogens with zero attached hydrogens (tertiary/aromatic N) is 4. The number of β-amino-alcohol motifs (C(OH)–C–C–N with tert-alkyl or cyclic N) is 1. The van der Waals surface area contributed by atoms with Crippen LogP contribution in [0, 0.1) is 25.2 Å². The number of rotatable bonds is 3. The molecule has 8 nitrogen and oxygen atoms in total. The van der Waals surface area contributed by atoms with E-state index < -0.39 is 6.10 Å². The molecule has 0 bridgehead atoms. The summed E-state index contributed by atoms with van der Waals surface area (Å²) in [6.45, 7) is 6.60. The van der Waals surface area contributed by atoms with Crippen LogP contribution in [0.5, 0.6) is 0 Å². The topological polar surface area (TPSA) is 112 Å². The fourth-order valence-corrected chi connectivity index (χ4v) is 3.17. The third kappa shape index (κ3) is 3.73. The molecule has 8 heteroatoms. The number of aromatic nitrogens is 3. The minimum absolute atomic E-state index is 0.196. The molecule has 3 rings (SSSR count). The maximum absolute atomic E-state index is 12.6. The van der Waals surface area contributed by atoms with E-state index in [-0.39, 0.29) is 12.5 Å². The normalized spacial score (nSPS) is 18.8. The molecule has 1 atom stereocenters. The van der Waals surface area contributed by atoms with Crippen LogP contribution in [0.4, 0.5) is 0 Å². The van der Waals surface area contributed by atoms with Gasteiger partial charge in [-0.05, 0) is 19.9 Å². The molecule has 0 unspecified atom stereocenters. The molecule has 1 aliphatic heterocycles. The number of nitrogens with one attached hydrogen (secondary N) is 2. The first-order chi connectivity index (χ1) is 12.0. The van der Waals surface area contributed by atoms with E-state index >= 15 is 0 Å². The third-order valence-corrected chi connectivity index (χ3v) is 4.58. The van der Waals surface area contributed by atoms with Crippen molar-refractivity contribution in [3.8, 4) is 6.07 Å². The number of amides is 1. The first-order valence-electron chi connectivity index (χ1n) is 8.26. The minimum atomic E-state index is -0.621. The van der Waals surface area contributed by atoms with Crippen LogP contribution in [0.1, 0.15) is 33.0 Å². The van der Waals surface area contributed by atoms with Crippen LogP contribution >= 0.6 is 0 Å². The van der Waals surface area contributed by atoms with E-state index in [0.717, 1.165) is 17.0 Å². The molecular weight excluding hydrogens is 320 g/mol. The van der Waals surface area contributed by atoms with Gasteiger partial charge < -0.3 is 15.0 Å². The summed E-state index contributed by atoms with van der Waals surface area (Å²) in [5.74, 6) is -0.196. The summed E-state index contributed by atoms with van der Waals surface area (Å²) in [7, 11) is 0. The zero-order valence-corrected chi connectivity index (χ0v) is 14.4. The molecule has 3 heterocycles. The van der Waals surface area contributed by atoms with Crippen molar-refractivity contribution in [1.82, 2.24) is 25.0 Å². The predicted molar refractivity (Wildman–Crippen MR) is 90.8 cm³/mol. The highest BCUT2D eigenvalue weighted by Crippen LogP contribution is 2.16. The van der Waals surface area contributed by atoms with E-state index in [2.05, 4.69) is 20.1 Å². The Morgan fingerprint density at radius 2 is 2.24 bits per heavy atom. The summed E-state index contributed by atoms with van der Waals surface area (Å²) in [4.78, 5) is 19.2. The summed E-state index contributed by atoms with van der Waals surface area (Å²) in [6, 6.07) is 3.54. The largest absolute Gasteiger partial charge is 0.390 e. The highest BCUT2D eigenvalue weighted by Gasteiger charge is 2.26. The Hall–Kier alpha value is -2.63. The highest BCUT2D eigenvalue weighted by atomic mass is 16.3. The number of aliphatic hydroxyl groups excluding tert-OH is 1. The Labute approximate surface area is 146 Å². The molecule has 1 amide bonds. The van der Waals surface area contributed by atoms with Crippen LogP contribution in [0.25, 0.3) is 0 Å². The summed E-state index contributed by atoms with van der Waals surface area (Å²) >= 11 is 0. The predicted octanol–water partition coefficient (Wildman–Crippen LogP) is 0.545. The molecule has 0 aliphatic carbocycles. The molecular formula is C17H22N6O2. The summed E-state index contributed by atoms with van der Waals surface area (Å²) in [5, 5.41) is 26.4. The van der Waals surface area contributed by atoms with Gasteiger partial charge in [0.15, 0.2) is 0 Å². The van der Waals surface area contributed by atoms with Gasteiger partial charge in [0.05, 0.1) is 17.4 Å². The molecule has 3 N–H and O–H groups in total. The highest BCUT2D eigenvalue weighted by molar-refractivity contribution is 5.93. The van der Waals surface area contributed by atoms with Crippen molar-refractivity contribution < 1.29 is 9.90 Å². The number of H-pyrrole nitrogens is 2. The molecule has 2 aromatic rings. The zero-order chi connectivity index (χ0) is 18.0. The van der Waals surface area contributed by atoms with Crippen LogP contribution in [0.15, 0.2) is 12.3 Å². The third-order valence-electron chi connectivity index (χ3n) is 4.58. The molecule has 0 aromatic carbocycles. The van der Waals surface area contributed by atoms with Crippen molar-refractivity contribution >= 4 is 5.91 Å². The van der Waals surface area contributed by atoms with Gasteiger partial charge in [-0.2, -0.15) is 10.4 Å². The Morgan fingerprint density at radius 3 is 2.88 bits per heavy atom. The van der Waals surface area contributed by atoms with Crippen molar-refractivity contribution in [2.75, 3.05) is 26.2 Å². The average molecular weight is 342 g/mol. The van der Waals surface area contributed by atoms with Gasteiger partial charge in [0, 0.05) is 50.2 Å². The maximum atomic E-state index is 12.6. The second-order valence-electron chi connectivity index (χ2n) is 6.47. The van der Waals surface area contributed by atoms with E-state index in [4.69, 9.17) is 5.26 Å². The van der Waals surface area contributed by atoms with E-state index in [1.807, 2.05) is 19.9 Å². The van der Waals surface area contributed by atoms with Gasteiger partial charge >= 0.3 is 0 Å². The SMILES string of the molecule is Cc1n[nH]c(C)c1CN1CCN(C(=O)c2cc(C#N)c[nH]2)C[C@@H](O)C1. The van der Waals surface area contributed by atoms with Crippen molar-refractivity contribution in [2.45, 2.75) is 26.5 Å². The summed E-state index contributed by atoms with van der Waals surface area (Å²) in [5.41, 5.74) is 3.92. The lowest BCUT2D eigenvalue weighted by atomic mass is 10.2. The van der Waals surface area contributed by atoms with Gasteiger partial charge in [-0.15, -0.1) is 0 Å². The zero-order valence-electron chi connectivity index (χ0n) is 14.4. The van der Waals surface area contributed by atoms with E-state index in [1.165, 1.54) is 12.3 Å². The number of hydrogen-bond donors (Lipinski definition) is 3. The standard InChI is InChI=1S/C17H22N6O2/c1-11-15(12(2)21-20-11)10-22-3-4-23(9-14(24)8-22)17(25)16-5-13(6-18)7-19-16/h5,7,14,19,24H,3-4,8-10H2,1-2H3,(H,20,21)/t14-/m0/s1. The average Bonchev–Trinajstić information content (AvgIpc) is 3.13. The number of aromatic amines is 2. The van der Waals surface area contributed by atoms with E-state index in [1.54, 1.807) is 4.90 Å². The van der Waals surface area contributed by atoms with Gasteiger partial charge in [0.25, 0.3) is 5.91 Å². The fourth-order valence-electron chi connectivity index (χ4n) is 3.17.